The Bertz CT molecular complexity index is 1140. The Morgan fingerprint density at radius 1 is 1.07 bits per heavy atom. The summed E-state index contributed by atoms with van der Waals surface area (Å²) in [5.74, 6) is 0.354. The van der Waals surface area contributed by atoms with Crippen LogP contribution in [0.5, 0.6) is 0 Å². The van der Waals surface area contributed by atoms with Gasteiger partial charge in [0, 0.05) is 42.2 Å². The summed E-state index contributed by atoms with van der Waals surface area (Å²) >= 11 is 1.41. The van der Waals surface area contributed by atoms with E-state index in [1.807, 2.05) is 6.07 Å². The monoisotopic (exact) mass is 417 g/mol. The number of fused-ring (bicyclic) bond motifs is 5. The van der Waals surface area contributed by atoms with E-state index in [4.69, 9.17) is 0 Å². The van der Waals surface area contributed by atoms with Gasteiger partial charge >= 0.3 is 0 Å². The lowest BCUT2D eigenvalue weighted by molar-refractivity contribution is -0.113. The lowest BCUT2D eigenvalue weighted by Gasteiger charge is -2.42. The highest BCUT2D eigenvalue weighted by molar-refractivity contribution is 8.00. The number of thioether (sulfide) groups is 1. The fraction of sp³-hybridized carbons (Fsp3) is 0.368. The van der Waals surface area contributed by atoms with Gasteiger partial charge in [0.2, 0.25) is 15.9 Å². The molecule has 0 saturated carbocycles. The van der Waals surface area contributed by atoms with E-state index in [-0.39, 0.29) is 28.2 Å². The molecule has 0 radical (unpaired) electrons. The van der Waals surface area contributed by atoms with Crippen molar-refractivity contribution in [3.63, 3.8) is 0 Å². The molecule has 3 aliphatic heterocycles. The molecule has 0 aliphatic carbocycles. The maximum absolute atomic E-state index is 13.3. The molecule has 0 spiro atoms. The number of carbonyl (C=O) groups excluding carboxylic acids is 1. The van der Waals surface area contributed by atoms with Crippen LogP contribution in [0, 0.1) is 5.92 Å². The van der Waals surface area contributed by atoms with Crippen molar-refractivity contribution in [1.29, 1.82) is 0 Å². The zero-order valence-electron chi connectivity index (χ0n) is 15.0. The number of aromatic nitrogens is 1. The third kappa shape index (κ3) is 2.89. The SMILES string of the molecule is O=C1CSc2ccc(S(=O)(=O)N3CC4CC(C3)c3cccc(=O)n3C4)cc2N1. The van der Waals surface area contributed by atoms with Crippen molar-refractivity contribution in [1.82, 2.24) is 8.87 Å². The van der Waals surface area contributed by atoms with Crippen LogP contribution >= 0.6 is 11.8 Å². The van der Waals surface area contributed by atoms with Gasteiger partial charge in [-0.1, -0.05) is 6.07 Å². The number of hydrogen-bond acceptors (Lipinski definition) is 5. The van der Waals surface area contributed by atoms with Gasteiger partial charge in [-0.05, 0) is 36.6 Å². The maximum atomic E-state index is 13.3. The first-order valence-electron chi connectivity index (χ1n) is 9.18. The summed E-state index contributed by atoms with van der Waals surface area (Å²) in [4.78, 5) is 24.9. The van der Waals surface area contributed by atoms with E-state index in [9.17, 15) is 18.0 Å². The number of sulfonamides is 1. The summed E-state index contributed by atoms with van der Waals surface area (Å²) in [5, 5.41) is 2.75. The zero-order valence-corrected chi connectivity index (χ0v) is 16.6. The molecule has 7 nitrogen and oxygen atoms in total. The number of piperidine rings is 1. The molecule has 2 atom stereocenters. The van der Waals surface area contributed by atoms with Gasteiger partial charge in [0.15, 0.2) is 0 Å². The molecule has 1 aromatic heterocycles. The Morgan fingerprint density at radius 2 is 1.93 bits per heavy atom. The highest BCUT2D eigenvalue weighted by atomic mass is 32.2. The average molecular weight is 418 g/mol. The second-order valence-electron chi connectivity index (χ2n) is 7.51. The fourth-order valence-corrected chi connectivity index (χ4v) is 6.80. The van der Waals surface area contributed by atoms with E-state index in [2.05, 4.69) is 5.32 Å². The number of nitrogens with zero attached hydrogens (tertiary/aromatic N) is 2. The maximum Gasteiger partial charge on any atom is 0.250 e. The normalized spacial score (nSPS) is 24.2. The summed E-state index contributed by atoms with van der Waals surface area (Å²) < 4.78 is 29.9. The van der Waals surface area contributed by atoms with Crippen molar-refractivity contribution in [3.05, 3.63) is 52.4 Å². The molecular weight excluding hydrogens is 398 g/mol. The van der Waals surface area contributed by atoms with Crippen molar-refractivity contribution in [2.45, 2.75) is 28.7 Å². The van der Waals surface area contributed by atoms with Crippen LogP contribution in [0.1, 0.15) is 18.0 Å². The Labute approximate surface area is 166 Å². The Hall–Kier alpha value is -2.10. The van der Waals surface area contributed by atoms with Crippen LogP contribution in [0.15, 0.2) is 51.0 Å². The number of benzene rings is 1. The summed E-state index contributed by atoms with van der Waals surface area (Å²) in [7, 11) is -3.68. The molecule has 1 amide bonds. The number of hydrogen-bond donors (Lipinski definition) is 1. The molecule has 146 valence electrons. The third-order valence-electron chi connectivity index (χ3n) is 5.67. The van der Waals surface area contributed by atoms with Crippen molar-refractivity contribution in [3.8, 4) is 0 Å². The molecule has 2 aromatic rings. The lowest BCUT2D eigenvalue weighted by Crippen LogP contribution is -2.49. The number of carbonyl (C=O) groups is 1. The molecule has 28 heavy (non-hydrogen) atoms. The number of anilines is 1. The molecule has 1 aromatic carbocycles. The van der Waals surface area contributed by atoms with Crippen LogP contribution in [-0.4, -0.2) is 42.0 Å². The summed E-state index contributed by atoms with van der Waals surface area (Å²) in [6, 6.07) is 10.1. The summed E-state index contributed by atoms with van der Waals surface area (Å²) in [6.07, 6.45) is 0.895. The number of nitrogens with one attached hydrogen (secondary N) is 1. The van der Waals surface area contributed by atoms with E-state index in [0.29, 0.717) is 31.1 Å². The van der Waals surface area contributed by atoms with Crippen LogP contribution in [0.4, 0.5) is 5.69 Å². The smallest absolute Gasteiger partial charge is 0.250 e. The number of amides is 1. The Balaban J connectivity index is 1.48. The van der Waals surface area contributed by atoms with Gasteiger partial charge in [0.05, 0.1) is 16.3 Å². The molecule has 1 saturated heterocycles. The van der Waals surface area contributed by atoms with E-state index in [0.717, 1.165) is 17.0 Å². The molecule has 3 aliphatic rings. The van der Waals surface area contributed by atoms with Gasteiger partial charge in [-0.25, -0.2) is 8.42 Å². The molecule has 2 bridgehead atoms. The van der Waals surface area contributed by atoms with Gasteiger partial charge in [-0.3, -0.25) is 9.59 Å². The second kappa shape index (κ2) is 6.47. The van der Waals surface area contributed by atoms with E-state index in [1.54, 1.807) is 34.9 Å². The topological polar surface area (TPSA) is 88.5 Å². The molecule has 2 unspecified atom stereocenters. The zero-order chi connectivity index (χ0) is 19.5. The van der Waals surface area contributed by atoms with Gasteiger partial charge in [-0.2, -0.15) is 4.31 Å². The standard InChI is InChI=1S/C19H19N3O4S2/c23-18-11-27-17-5-4-14(7-15(17)20-18)28(25,26)21-8-12-6-13(10-21)16-2-1-3-19(24)22(16)9-12/h1-5,7,12-13H,6,8-11H2,(H,20,23). The van der Waals surface area contributed by atoms with Gasteiger partial charge in [0.1, 0.15) is 0 Å². The van der Waals surface area contributed by atoms with Crippen LogP contribution in [0.2, 0.25) is 0 Å². The predicted molar refractivity (Wildman–Crippen MR) is 106 cm³/mol. The minimum Gasteiger partial charge on any atom is -0.324 e. The molecule has 5 rings (SSSR count). The molecule has 1 N–H and O–H groups in total. The van der Waals surface area contributed by atoms with E-state index < -0.39 is 10.0 Å². The minimum atomic E-state index is -3.68. The van der Waals surface area contributed by atoms with Gasteiger partial charge in [0.25, 0.3) is 5.56 Å². The number of rotatable bonds is 2. The van der Waals surface area contributed by atoms with Crippen molar-refractivity contribution < 1.29 is 13.2 Å². The van der Waals surface area contributed by atoms with Crippen molar-refractivity contribution in [2.24, 2.45) is 5.92 Å². The second-order valence-corrected chi connectivity index (χ2v) is 10.5. The molecule has 9 heteroatoms. The summed E-state index contributed by atoms with van der Waals surface area (Å²) in [5.41, 5.74) is 1.45. The fourth-order valence-electron chi connectivity index (χ4n) is 4.42. The van der Waals surface area contributed by atoms with E-state index in [1.165, 1.54) is 16.1 Å². The van der Waals surface area contributed by atoms with Crippen molar-refractivity contribution >= 4 is 33.4 Å². The van der Waals surface area contributed by atoms with Crippen LogP contribution < -0.4 is 10.9 Å². The Morgan fingerprint density at radius 3 is 2.79 bits per heavy atom. The molecule has 1 fully saturated rings. The Kier molecular flexibility index (Phi) is 4.15. The first kappa shape index (κ1) is 18.0. The van der Waals surface area contributed by atoms with E-state index >= 15 is 0 Å². The minimum absolute atomic E-state index is 0.0176. The number of pyridine rings is 1. The molecular formula is C19H19N3O4S2. The lowest BCUT2D eigenvalue weighted by atomic mass is 9.84. The highest BCUT2D eigenvalue weighted by Crippen LogP contribution is 2.38. The third-order valence-corrected chi connectivity index (χ3v) is 8.57. The van der Waals surface area contributed by atoms with Crippen LogP contribution in [-0.2, 0) is 21.4 Å². The van der Waals surface area contributed by atoms with Crippen molar-refractivity contribution in [2.75, 3.05) is 24.2 Å². The quantitative estimate of drug-likeness (QED) is 0.804. The van der Waals surface area contributed by atoms with Crippen LogP contribution in [0.25, 0.3) is 0 Å². The first-order valence-corrected chi connectivity index (χ1v) is 11.6. The average Bonchev–Trinajstić information content (AvgIpc) is 2.68. The van der Waals surface area contributed by atoms with Gasteiger partial charge < -0.3 is 9.88 Å². The first-order chi connectivity index (χ1) is 13.4. The van der Waals surface area contributed by atoms with Crippen LogP contribution in [0.3, 0.4) is 0 Å². The van der Waals surface area contributed by atoms with Gasteiger partial charge in [-0.15, -0.1) is 11.8 Å². The highest BCUT2D eigenvalue weighted by Gasteiger charge is 2.39. The summed E-state index contributed by atoms with van der Waals surface area (Å²) in [6.45, 7) is 1.31. The molecule has 4 heterocycles. The largest absolute Gasteiger partial charge is 0.324 e. The predicted octanol–water partition coefficient (Wildman–Crippen LogP) is 1.70.